The largest absolute Gasteiger partial charge is 0.325 e. The Balaban J connectivity index is 1.51. The molecule has 1 amide bonds. The number of hydrogen-bond acceptors (Lipinski definition) is 6. The maximum absolute atomic E-state index is 12.5. The number of carbonyl (C=O) groups is 1. The average Bonchev–Trinajstić information content (AvgIpc) is 3.16. The van der Waals surface area contributed by atoms with E-state index in [1.165, 1.54) is 11.8 Å². The second-order valence-corrected chi connectivity index (χ2v) is 11.1. The van der Waals surface area contributed by atoms with Gasteiger partial charge in [-0.2, -0.15) is 0 Å². The number of rotatable bonds is 4. The molecule has 2 aliphatic heterocycles. The Morgan fingerprint density at radius 3 is 2.67 bits per heavy atom. The lowest BCUT2D eigenvalue weighted by atomic mass is 10.1. The first-order valence-electron chi connectivity index (χ1n) is 9.55. The molecule has 0 unspecified atom stereocenters. The van der Waals surface area contributed by atoms with E-state index in [0.717, 1.165) is 16.8 Å². The maximum Gasteiger partial charge on any atom is 0.234 e. The Hall–Kier alpha value is -2.03. The van der Waals surface area contributed by atoms with Gasteiger partial charge in [0, 0.05) is 16.4 Å². The third-order valence-electron chi connectivity index (χ3n) is 5.29. The van der Waals surface area contributed by atoms with Crippen molar-refractivity contribution in [2.75, 3.05) is 27.5 Å². The van der Waals surface area contributed by atoms with Crippen LogP contribution in [0.2, 0.25) is 5.02 Å². The van der Waals surface area contributed by atoms with Crippen molar-refractivity contribution in [1.29, 1.82) is 0 Å². The van der Waals surface area contributed by atoms with E-state index in [2.05, 4.69) is 10.3 Å². The summed E-state index contributed by atoms with van der Waals surface area (Å²) >= 11 is 7.44. The summed E-state index contributed by atoms with van der Waals surface area (Å²) in [7, 11) is -3.11. The number of hydrogen-bond donors (Lipinski definition) is 1. The number of benzene rings is 2. The molecule has 2 heterocycles. The highest BCUT2D eigenvalue weighted by Crippen LogP contribution is 2.35. The predicted octanol–water partition coefficient (Wildman–Crippen LogP) is 3.67. The smallest absolute Gasteiger partial charge is 0.234 e. The standard InChI is InChI=1S/C21H22ClN3O3S2/c1-13-6-8-15(9-7-13)25-19-12-30(27,28)11-18(19)24-21(25)29-10-20(26)23-17-5-3-4-16(22)14(17)2/h3-9,18-19H,10-12H2,1-2H3,(H,23,26)/t18-,19-/m1/s1. The second-order valence-electron chi connectivity index (χ2n) is 7.58. The highest BCUT2D eigenvalue weighted by molar-refractivity contribution is 8.14. The van der Waals surface area contributed by atoms with Gasteiger partial charge < -0.3 is 10.2 Å². The Morgan fingerprint density at radius 2 is 1.93 bits per heavy atom. The van der Waals surface area contributed by atoms with Gasteiger partial charge in [-0.1, -0.05) is 47.1 Å². The van der Waals surface area contributed by atoms with E-state index >= 15 is 0 Å². The van der Waals surface area contributed by atoms with E-state index in [9.17, 15) is 13.2 Å². The summed E-state index contributed by atoms with van der Waals surface area (Å²) in [6.07, 6.45) is 0. The molecule has 2 aromatic rings. The van der Waals surface area contributed by atoms with Crippen molar-refractivity contribution in [1.82, 2.24) is 0 Å². The molecular formula is C21H22ClN3O3S2. The quantitative estimate of drug-likeness (QED) is 0.748. The Morgan fingerprint density at radius 1 is 1.20 bits per heavy atom. The molecule has 4 rings (SSSR count). The minimum absolute atomic E-state index is 0.0536. The molecule has 1 saturated heterocycles. The third kappa shape index (κ3) is 4.36. The summed E-state index contributed by atoms with van der Waals surface area (Å²) in [5, 5.41) is 4.17. The second kappa shape index (κ2) is 8.24. The molecule has 0 spiro atoms. The number of anilines is 2. The van der Waals surface area contributed by atoms with Crippen LogP contribution in [0.5, 0.6) is 0 Å². The fraction of sp³-hybridized carbons (Fsp3) is 0.333. The Bertz CT molecular complexity index is 1120. The van der Waals surface area contributed by atoms with Gasteiger partial charge in [0.05, 0.1) is 29.3 Å². The van der Waals surface area contributed by atoms with Crippen molar-refractivity contribution in [3.05, 3.63) is 58.6 Å². The van der Waals surface area contributed by atoms with Gasteiger partial charge in [0.2, 0.25) is 5.91 Å². The molecule has 0 aliphatic carbocycles. The maximum atomic E-state index is 12.5. The topological polar surface area (TPSA) is 78.8 Å². The number of fused-ring (bicyclic) bond motifs is 1. The number of sulfone groups is 1. The molecule has 158 valence electrons. The highest BCUT2D eigenvalue weighted by atomic mass is 35.5. The molecule has 2 aliphatic rings. The Labute approximate surface area is 185 Å². The molecule has 0 bridgehead atoms. The monoisotopic (exact) mass is 463 g/mol. The molecule has 9 heteroatoms. The van der Waals surface area contributed by atoms with E-state index in [1.807, 2.05) is 49.1 Å². The van der Waals surface area contributed by atoms with Crippen LogP contribution in [0.3, 0.4) is 0 Å². The number of thioether (sulfide) groups is 1. The van der Waals surface area contributed by atoms with Crippen LogP contribution in [0.4, 0.5) is 11.4 Å². The molecule has 0 aromatic heterocycles. The first-order valence-corrected chi connectivity index (χ1v) is 12.7. The number of amides is 1. The van der Waals surface area contributed by atoms with Gasteiger partial charge in [-0.3, -0.25) is 9.79 Å². The fourth-order valence-electron chi connectivity index (χ4n) is 3.70. The van der Waals surface area contributed by atoms with Crippen LogP contribution in [0.15, 0.2) is 47.5 Å². The van der Waals surface area contributed by atoms with Crippen LogP contribution in [-0.4, -0.2) is 48.8 Å². The number of aliphatic imine (C=N–C) groups is 1. The predicted molar refractivity (Wildman–Crippen MR) is 125 cm³/mol. The normalized spacial score (nSPS) is 22.0. The van der Waals surface area contributed by atoms with Crippen molar-refractivity contribution >= 4 is 55.6 Å². The molecular weight excluding hydrogens is 442 g/mol. The highest BCUT2D eigenvalue weighted by Gasteiger charge is 2.47. The molecule has 1 N–H and O–H groups in total. The van der Waals surface area contributed by atoms with Crippen molar-refractivity contribution in [3.63, 3.8) is 0 Å². The lowest BCUT2D eigenvalue weighted by Crippen LogP contribution is -2.39. The zero-order valence-electron chi connectivity index (χ0n) is 16.6. The van der Waals surface area contributed by atoms with Gasteiger partial charge in [-0.25, -0.2) is 8.42 Å². The number of nitrogens with zero attached hydrogens (tertiary/aromatic N) is 2. The van der Waals surface area contributed by atoms with Crippen molar-refractivity contribution in [3.8, 4) is 0 Å². The van der Waals surface area contributed by atoms with Crippen LogP contribution < -0.4 is 10.2 Å². The lowest BCUT2D eigenvalue weighted by molar-refractivity contribution is -0.113. The number of amidine groups is 1. The van der Waals surface area contributed by atoms with Gasteiger partial charge in [0.15, 0.2) is 15.0 Å². The van der Waals surface area contributed by atoms with Crippen molar-refractivity contribution in [2.24, 2.45) is 4.99 Å². The summed E-state index contributed by atoms with van der Waals surface area (Å²) in [6, 6.07) is 12.8. The lowest BCUT2D eigenvalue weighted by Gasteiger charge is -2.26. The minimum atomic E-state index is -3.11. The molecule has 1 fully saturated rings. The SMILES string of the molecule is Cc1ccc(N2C(SCC(=O)Nc3cccc(Cl)c3C)=N[C@@H]3CS(=O)(=O)C[C@H]32)cc1. The molecule has 0 saturated carbocycles. The number of aryl methyl sites for hydroxylation is 1. The van der Waals surface area contributed by atoms with Gasteiger partial charge >= 0.3 is 0 Å². The van der Waals surface area contributed by atoms with Gasteiger partial charge in [-0.15, -0.1) is 0 Å². The van der Waals surface area contributed by atoms with Crippen LogP contribution in [0, 0.1) is 13.8 Å². The summed E-state index contributed by atoms with van der Waals surface area (Å²) in [5.74, 6) is 0.131. The van der Waals surface area contributed by atoms with E-state index in [0.29, 0.717) is 15.9 Å². The zero-order valence-corrected chi connectivity index (χ0v) is 19.0. The van der Waals surface area contributed by atoms with Gasteiger partial charge in [-0.05, 0) is 43.7 Å². The molecule has 2 atom stereocenters. The van der Waals surface area contributed by atoms with E-state index in [-0.39, 0.29) is 35.2 Å². The fourth-order valence-corrected chi connectivity index (χ4v) is 6.64. The van der Waals surface area contributed by atoms with Crippen molar-refractivity contribution in [2.45, 2.75) is 25.9 Å². The van der Waals surface area contributed by atoms with Crippen LogP contribution >= 0.6 is 23.4 Å². The number of carbonyl (C=O) groups excluding carboxylic acids is 1. The van der Waals surface area contributed by atoms with Crippen LogP contribution in [0.25, 0.3) is 0 Å². The van der Waals surface area contributed by atoms with Crippen LogP contribution in [0.1, 0.15) is 11.1 Å². The summed E-state index contributed by atoms with van der Waals surface area (Å²) < 4.78 is 24.3. The van der Waals surface area contributed by atoms with E-state index in [1.54, 1.807) is 12.1 Å². The number of nitrogens with one attached hydrogen (secondary N) is 1. The molecule has 30 heavy (non-hydrogen) atoms. The third-order valence-corrected chi connectivity index (χ3v) is 8.37. The molecule has 0 radical (unpaired) electrons. The van der Waals surface area contributed by atoms with Gasteiger partial charge in [0.1, 0.15) is 0 Å². The van der Waals surface area contributed by atoms with Crippen molar-refractivity contribution < 1.29 is 13.2 Å². The van der Waals surface area contributed by atoms with E-state index < -0.39 is 9.84 Å². The number of halogens is 1. The first-order chi connectivity index (χ1) is 14.2. The first kappa shape index (κ1) is 21.2. The zero-order chi connectivity index (χ0) is 21.5. The molecule has 6 nitrogen and oxygen atoms in total. The summed E-state index contributed by atoms with van der Waals surface area (Å²) in [4.78, 5) is 19.2. The average molecular weight is 464 g/mol. The van der Waals surface area contributed by atoms with Gasteiger partial charge in [0.25, 0.3) is 0 Å². The summed E-state index contributed by atoms with van der Waals surface area (Å²) in [6.45, 7) is 3.86. The molecule has 2 aromatic carbocycles. The van der Waals surface area contributed by atoms with Crippen LogP contribution in [-0.2, 0) is 14.6 Å². The summed E-state index contributed by atoms with van der Waals surface area (Å²) in [5.41, 5.74) is 3.51. The minimum Gasteiger partial charge on any atom is -0.325 e. The van der Waals surface area contributed by atoms with E-state index in [4.69, 9.17) is 11.6 Å². The Kier molecular flexibility index (Phi) is 5.83.